The fourth-order valence-electron chi connectivity index (χ4n) is 3.12. The van der Waals surface area contributed by atoms with Gasteiger partial charge in [0.1, 0.15) is 10.6 Å². The molecule has 2 N–H and O–H groups in total. The number of nitriles is 1. The highest BCUT2D eigenvalue weighted by Gasteiger charge is 2.20. The molecule has 0 unspecified atom stereocenters. The number of sulfonamides is 1. The van der Waals surface area contributed by atoms with Gasteiger partial charge in [-0.25, -0.2) is 13.1 Å². The lowest BCUT2D eigenvalue weighted by molar-refractivity contribution is 0.0793. The van der Waals surface area contributed by atoms with E-state index in [1.54, 1.807) is 12.1 Å². The van der Waals surface area contributed by atoms with Crippen LogP contribution in [0.5, 0.6) is 5.75 Å². The molecule has 1 aliphatic rings. The molecule has 0 bridgehead atoms. The Labute approximate surface area is 164 Å². The topological polar surface area (TPSA) is 110 Å². The Morgan fingerprint density at radius 1 is 1.14 bits per heavy atom. The molecule has 2 aromatic rings. The van der Waals surface area contributed by atoms with Crippen molar-refractivity contribution in [3.8, 4) is 11.8 Å². The maximum Gasteiger partial charge on any atom is 0.253 e. The Morgan fingerprint density at radius 3 is 2.46 bits per heavy atom. The van der Waals surface area contributed by atoms with Crippen LogP contribution in [0.4, 0.5) is 0 Å². The number of aromatic hydroxyl groups is 1. The molecule has 7 nitrogen and oxygen atoms in total. The third kappa shape index (κ3) is 4.50. The number of phenols is 1. The maximum absolute atomic E-state index is 12.4. The molecule has 0 spiro atoms. The first-order chi connectivity index (χ1) is 13.4. The molecule has 1 aliphatic heterocycles. The summed E-state index contributed by atoms with van der Waals surface area (Å²) in [6, 6.07) is 12.6. The number of benzene rings is 2. The van der Waals surface area contributed by atoms with Crippen LogP contribution in [0.15, 0.2) is 47.4 Å². The Hall–Kier alpha value is -2.89. The summed E-state index contributed by atoms with van der Waals surface area (Å²) >= 11 is 0. The van der Waals surface area contributed by atoms with Crippen LogP contribution in [-0.4, -0.2) is 44.0 Å². The van der Waals surface area contributed by atoms with E-state index in [9.17, 15) is 18.3 Å². The van der Waals surface area contributed by atoms with Gasteiger partial charge in [0.15, 0.2) is 0 Å². The molecule has 0 radical (unpaired) electrons. The van der Waals surface area contributed by atoms with Crippen molar-refractivity contribution < 1.29 is 18.3 Å². The number of amides is 1. The van der Waals surface area contributed by atoms with Crippen LogP contribution in [-0.2, 0) is 16.4 Å². The minimum Gasteiger partial charge on any atom is -0.507 e. The van der Waals surface area contributed by atoms with E-state index in [-0.39, 0.29) is 22.9 Å². The van der Waals surface area contributed by atoms with Crippen molar-refractivity contribution in [2.24, 2.45) is 0 Å². The van der Waals surface area contributed by atoms with E-state index in [2.05, 4.69) is 4.72 Å². The van der Waals surface area contributed by atoms with Gasteiger partial charge in [-0.05, 0) is 55.2 Å². The first-order valence-corrected chi connectivity index (χ1v) is 10.5. The summed E-state index contributed by atoms with van der Waals surface area (Å²) in [4.78, 5) is 13.8. The largest absolute Gasteiger partial charge is 0.507 e. The number of carbonyl (C=O) groups excluding carboxylic acids is 1. The summed E-state index contributed by atoms with van der Waals surface area (Å²) < 4.78 is 27.2. The smallest absolute Gasteiger partial charge is 0.253 e. The molecule has 146 valence electrons. The summed E-state index contributed by atoms with van der Waals surface area (Å²) in [5, 5.41) is 18.7. The monoisotopic (exact) mass is 399 g/mol. The lowest BCUT2D eigenvalue weighted by Gasteiger charge is -2.15. The van der Waals surface area contributed by atoms with Gasteiger partial charge in [-0.3, -0.25) is 4.79 Å². The normalized spacial score (nSPS) is 14.0. The fraction of sp³-hybridized carbons (Fsp3) is 0.300. The van der Waals surface area contributed by atoms with Gasteiger partial charge in [-0.2, -0.15) is 5.26 Å². The summed E-state index contributed by atoms with van der Waals surface area (Å²) in [6.07, 6.45) is 2.50. The molecule has 1 saturated heterocycles. The van der Waals surface area contributed by atoms with Gasteiger partial charge in [0.25, 0.3) is 5.91 Å². The van der Waals surface area contributed by atoms with Crippen LogP contribution in [0.2, 0.25) is 0 Å². The highest BCUT2D eigenvalue weighted by molar-refractivity contribution is 7.89. The van der Waals surface area contributed by atoms with Gasteiger partial charge in [0, 0.05) is 25.2 Å². The lowest BCUT2D eigenvalue weighted by Crippen LogP contribution is -2.27. The second-order valence-corrected chi connectivity index (χ2v) is 8.37. The van der Waals surface area contributed by atoms with Crippen LogP contribution in [0, 0.1) is 11.3 Å². The van der Waals surface area contributed by atoms with Gasteiger partial charge in [-0.15, -0.1) is 0 Å². The molecule has 0 atom stereocenters. The number of hydrogen-bond acceptors (Lipinski definition) is 5. The molecule has 8 heteroatoms. The number of nitrogens with zero attached hydrogens (tertiary/aromatic N) is 2. The SMILES string of the molecule is N#Cc1ccc(O)c(S(=O)(=O)NCCc2ccc(C(=O)N3CCCC3)cc2)c1. The third-order valence-corrected chi connectivity index (χ3v) is 6.17. The van der Waals surface area contributed by atoms with Gasteiger partial charge < -0.3 is 10.0 Å². The second kappa shape index (κ2) is 8.42. The number of hydrogen-bond donors (Lipinski definition) is 2. The van der Waals surface area contributed by atoms with E-state index in [1.807, 2.05) is 23.1 Å². The van der Waals surface area contributed by atoms with E-state index in [1.165, 1.54) is 12.1 Å². The zero-order chi connectivity index (χ0) is 20.1. The average Bonchev–Trinajstić information content (AvgIpc) is 3.23. The molecule has 3 rings (SSSR count). The number of nitrogens with one attached hydrogen (secondary N) is 1. The van der Waals surface area contributed by atoms with Crippen LogP contribution in [0.1, 0.15) is 34.3 Å². The number of rotatable bonds is 6. The van der Waals surface area contributed by atoms with Crippen molar-refractivity contribution in [2.45, 2.75) is 24.2 Å². The predicted molar refractivity (Wildman–Crippen MR) is 103 cm³/mol. The average molecular weight is 399 g/mol. The van der Waals surface area contributed by atoms with E-state index in [0.29, 0.717) is 12.0 Å². The standard InChI is InChI=1S/C20H21N3O4S/c21-14-16-5-8-18(24)19(13-16)28(26,27)22-10-9-15-3-6-17(7-4-15)20(25)23-11-1-2-12-23/h3-8,13,22,24H,1-2,9-12H2. The molecular formula is C20H21N3O4S. The second-order valence-electron chi connectivity index (χ2n) is 6.64. The molecule has 1 amide bonds. The molecule has 0 saturated carbocycles. The Morgan fingerprint density at radius 2 is 1.82 bits per heavy atom. The van der Waals surface area contributed by atoms with Gasteiger partial charge in [-0.1, -0.05) is 12.1 Å². The van der Waals surface area contributed by atoms with E-state index < -0.39 is 15.8 Å². The molecular weight excluding hydrogens is 378 g/mol. The van der Waals surface area contributed by atoms with Crippen LogP contribution in [0.25, 0.3) is 0 Å². The zero-order valence-corrected chi connectivity index (χ0v) is 16.1. The van der Waals surface area contributed by atoms with Crippen molar-refractivity contribution in [1.29, 1.82) is 5.26 Å². The zero-order valence-electron chi connectivity index (χ0n) is 15.3. The van der Waals surface area contributed by atoms with Gasteiger partial charge in [0.05, 0.1) is 11.6 Å². The minimum absolute atomic E-state index is 0.0256. The van der Waals surface area contributed by atoms with Crippen molar-refractivity contribution in [1.82, 2.24) is 9.62 Å². The molecule has 0 aliphatic carbocycles. The highest BCUT2D eigenvalue weighted by atomic mass is 32.2. The molecule has 28 heavy (non-hydrogen) atoms. The first kappa shape index (κ1) is 19.9. The molecule has 0 aromatic heterocycles. The van der Waals surface area contributed by atoms with Crippen LogP contribution < -0.4 is 4.72 Å². The quantitative estimate of drug-likeness (QED) is 0.772. The van der Waals surface area contributed by atoms with Crippen molar-refractivity contribution in [3.63, 3.8) is 0 Å². The minimum atomic E-state index is -3.94. The Kier molecular flexibility index (Phi) is 5.97. The molecule has 1 heterocycles. The van der Waals surface area contributed by atoms with Gasteiger partial charge >= 0.3 is 0 Å². The third-order valence-electron chi connectivity index (χ3n) is 4.68. The van der Waals surface area contributed by atoms with Crippen LogP contribution in [0.3, 0.4) is 0 Å². The van der Waals surface area contributed by atoms with Crippen molar-refractivity contribution in [2.75, 3.05) is 19.6 Å². The number of likely N-dealkylation sites (tertiary alicyclic amines) is 1. The highest BCUT2D eigenvalue weighted by Crippen LogP contribution is 2.23. The summed E-state index contributed by atoms with van der Waals surface area (Å²) in [5.41, 5.74) is 1.66. The van der Waals surface area contributed by atoms with Crippen LogP contribution >= 0.6 is 0 Å². The molecule has 1 fully saturated rings. The number of carbonyl (C=O) groups is 1. The number of phenolic OH excluding ortho intramolecular Hbond substituents is 1. The summed E-state index contributed by atoms with van der Waals surface area (Å²) in [7, 11) is -3.94. The Bertz CT molecular complexity index is 1000. The first-order valence-electron chi connectivity index (χ1n) is 9.02. The van der Waals surface area contributed by atoms with Crippen molar-refractivity contribution >= 4 is 15.9 Å². The summed E-state index contributed by atoms with van der Waals surface area (Å²) in [6.45, 7) is 1.71. The van der Waals surface area contributed by atoms with Crippen molar-refractivity contribution in [3.05, 3.63) is 59.2 Å². The Balaban J connectivity index is 1.60. The van der Waals surface area contributed by atoms with E-state index in [0.717, 1.165) is 37.6 Å². The van der Waals surface area contributed by atoms with Gasteiger partial charge in [0.2, 0.25) is 10.0 Å². The lowest BCUT2D eigenvalue weighted by atomic mass is 10.1. The molecule has 2 aromatic carbocycles. The predicted octanol–water partition coefficient (Wildman–Crippen LogP) is 2.02. The maximum atomic E-state index is 12.4. The fourth-order valence-corrected chi connectivity index (χ4v) is 4.27. The van der Waals surface area contributed by atoms with E-state index in [4.69, 9.17) is 5.26 Å². The van der Waals surface area contributed by atoms with E-state index >= 15 is 0 Å². The summed E-state index contributed by atoms with van der Waals surface area (Å²) in [5.74, 6) is -0.381.